The van der Waals surface area contributed by atoms with E-state index in [9.17, 15) is 19.2 Å². The number of ether oxygens (including phenoxy) is 3. The van der Waals surface area contributed by atoms with Crippen LogP contribution < -0.4 is 5.73 Å². The fourth-order valence-corrected chi connectivity index (χ4v) is 4.16. The van der Waals surface area contributed by atoms with Gasteiger partial charge in [0.2, 0.25) is 0 Å². The highest BCUT2D eigenvalue weighted by Gasteiger charge is 2.55. The summed E-state index contributed by atoms with van der Waals surface area (Å²) in [6.45, 7) is 21.0. The first-order chi connectivity index (χ1) is 16.6. The third-order valence-electron chi connectivity index (χ3n) is 5.49. The molecular weight excluding hydrogens is 480 g/mol. The fraction of sp³-hybridized carbons (Fsp3) is 0.846. The second kappa shape index (κ2) is 11.9. The molecule has 0 bridgehead atoms. The van der Waals surface area contributed by atoms with E-state index in [0.717, 1.165) is 4.90 Å². The Labute approximate surface area is 221 Å². The zero-order valence-electron chi connectivity index (χ0n) is 24.7. The molecule has 0 spiro atoms. The highest BCUT2D eigenvalue weighted by Crippen LogP contribution is 2.33. The SMILES string of the molecule is CCN(C(=O)N1C[C@@H](C(=O)OC(C)(C)C)[C@@H](N(C(=O)OC(C)(C)C)C(=O)OC(C)(C)C)[C@@H]1CN)C(C)C. The van der Waals surface area contributed by atoms with Crippen molar-refractivity contribution in [2.75, 3.05) is 19.6 Å². The van der Waals surface area contributed by atoms with Crippen molar-refractivity contribution in [1.29, 1.82) is 0 Å². The van der Waals surface area contributed by atoms with E-state index in [1.54, 1.807) is 67.2 Å². The third-order valence-corrected chi connectivity index (χ3v) is 5.49. The van der Waals surface area contributed by atoms with Gasteiger partial charge in [0.05, 0.1) is 18.0 Å². The van der Waals surface area contributed by atoms with Crippen molar-refractivity contribution in [3.63, 3.8) is 0 Å². The number of imide groups is 1. The number of rotatable bonds is 5. The maximum atomic E-state index is 13.6. The molecule has 0 radical (unpaired) electrons. The number of hydrogen-bond donors (Lipinski definition) is 1. The van der Waals surface area contributed by atoms with Crippen LogP contribution in [-0.2, 0) is 19.0 Å². The summed E-state index contributed by atoms with van der Waals surface area (Å²) in [6.07, 6.45) is -1.99. The molecule has 1 saturated heterocycles. The Bertz CT molecular complexity index is 811. The van der Waals surface area contributed by atoms with Gasteiger partial charge < -0.3 is 29.7 Å². The van der Waals surface area contributed by atoms with E-state index < -0.39 is 53.0 Å². The molecule has 1 rings (SSSR count). The molecule has 0 aromatic carbocycles. The van der Waals surface area contributed by atoms with E-state index in [-0.39, 0.29) is 25.2 Å². The minimum atomic E-state index is -1.17. The average molecular weight is 529 g/mol. The predicted molar refractivity (Wildman–Crippen MR) is 140 cm³/mol. The molecule has 0 aliphatic carbocycles. The molecule has 1 fully saturated rings. The lowest BCUT2D eigenvalue weighted by atomic mass is 9.96. The molecule has 11 heteroatoms. The van der Waals surface area contributed by atoms with Crippen molar-refractivity contribution in [3.05, 3.63) is 0 Å². The molecule has 0 aromatic heterocycles. The van der Waals surface area contributed by atoms with Crippen LogP contribution in [-0.4, -0.2) is 93.4 Å². The topological polar surface area (TPSA) is 132 Å². The van der Waals surface area contributed by atoms with E-state index in [1.807, 2.05) is 20.8 Å². The lowest BCUT2D eigenvalue weighted by molar-refractivity contribution is -0.160. The molecule has 11 nitrogen and oxygen atoms in total. The van der Waals surface area contributed by atoms with Gasteiger partial charge in [0, 0.05) is 25.7 Å². The Balaban J connectivity index is 3.72. The summed E-state index contributed by atoms with van der Waals surface area (Å²) in [5, 5.41) is 0. The van der Waals surface area contributed by atoms with E-state index in [0.29, 0.717) is 6.54 Å². The molecule has 0 saturated carbocycles. The molecular formula is C26H48N4O7. The van der Waals surface area contributed by atoms with Crippen LogP contribution in [0.2, 0.25) is 0 Å². The van der Waals surface area contributed by atoms with Crippen LogP contribution in [0.15, 0.2) is 0 Å². The lowest BCUT2D eigenvalue weighted by Crippen LogP contribution is -2.59. The number of carbonyl (C=O) groups is 4. The maximum absolute atomic E-state index is 13.6. The zero-order chi connectivity index (χ0) is 29.1. The second-order valence-electron chi connectivity index (χ2n) is 12.6. The van der Waals surface area contributed by atoms with Gasteiger partial charge in [0.15, 0.2) is 0 Å². The van der Waals surface area contributed by atoms with Crippen molar-refractivity contribution in [2.45, 2.75) is 118 Å². The predicted octanol–water partition coefficient (Wildman–Crippen LogP) is 3.98. The average Bonchev–Trinajstić information content (AvgIpc) is 3.03. The number of likely N-dealkylation sites (tertiary alicyclic amines) is 1. The van der Waals surface area contributed by atoms with E-state index >= 15 is 0 Å². The summed E-state index contributed by atoms with van der Waals surface area (Å²) in [5.74, 6) is -1.72. The monoisotopic (exact) mass is 528 g/mol. The smallest absolute Gasteiger partial charge is 0.420 e. The number of carbonyl (C=O) groups excluding carboxylic acids is 4. The molecule has 1 aliphatic rings. The number of esters is 1. The van der Waals surface area contributed by atoms with Gasteiger partial charge in [-0.15, -0.1) is 0 Å². The number of nitrogens with zero attached hydrogens (tertiary/aromatic N) is 3. The Morgan fingerprint density at radius 3 is 1.62 bits per heavy atom. The zero-order valence-corrected chi connectivity index (χ0v) is 24.7. The summed E-state index contributed by atoms with van der Waals surface area (Å²) in [5.41, 5.74) is 3.43. The Morgan fingerprint density at radius 2 is 1.30 bits per heavy atom. The normalized spacial score (nSPS) is 20.5. The van der Waals surface area contributed by atoms with Gasteiger partial charge in [-0.3, -0.25) is 4.79 Å². The Hall–Kier alpha value is -2.56. The molecule has 2 N–H and O–H groups in total. The van der Waals surface area contributed by atoms with Gasteiger partial charge in [-0.2, -0.15) is 0 Å². The summed E-state index contributed by atoms with van der Waals surface area (Å²) in [4.78, 5) is 57.8. The summed E-state index contributed by atoms with van der Waals surface area (Å²) >= 11 is 0. The Morgan fingerprint density at radius 1 is 0.865 bits per heavy atom. The molecule has 37 heavy (non-hydrogen) atoms. The van der Waals surface area contributed by atoms with Crippen molar-refractivity contribution in [3.8, 4) is 0 Å². The molecule has 1 heterocycles. The van der Waals surface area contributed by atoms with E-state index in [4.69, 9.17) is 19.9 Å². The molecule has 0 aromatic rings. The molecule has 4 amide bonds. The van der Waals surface area contributed by atoms with Crippen LogP contribution in [0, 0.1) is 5.92 Å². The maximum Gasteiger partial charge on any atom is 0.420 e. The van der Waals surface area contributed by atoms with E-state index in [2.05, 4.69) is 0 Å². The highest BCUT2D eigenvalue weighted by molar-refractivity contribution is 5.91. The van der Waals surface area contributed by atoms with Crippen LogP contribution >= 0.6 is 0 Å². The second-order valence-corrected chi connectivity index (χ2v) is 12.6. The van der Waals surface area contributed by atoms with Crippen LogP contribution in [0.3, 0.4) is 0 Å². The van der Waals surface area contributed by atoms with E-state index in [1.165, 1.54) is 4.90 Å². The minimum absolute atomic E-state index is 0.0917. The molecule has 0 unspecified atom stereocenters. The molecule has 214 valence electrons. The van der Waals surface area contributed by atoms with Crippen molar-refractivity contribution in [1.82, 2.24) is 14.7 Å². The quantitative estimate of drug-likeness (QED) is 0.419. The van der Waals surface area contributed by atoms with Gasteiger partial charge >= 0.3 is 24.2 Å². The largest absolute Gasteiger partial charge is 0.460 e. The first-order valence-electron chi connectivity index (χ1n) is 12.9. The number of amides is 4. The lowest BCUT2D eigenvalue weighted by Gasteiger charge is -2.38. The number of hydrogen-bond acceptors (Lipinski definition) is 8. The highest BCUT2D eigenvalue weighted by atomic mass is 16.6. The summed E-state index contributed by atoms with van der Waals surface area (Å²) < 4.78 is 16.8. The summed E-state index contributed by atoms with van der Waals surface area (Å²) in [7, 11) is 0. The first-order valence-corrected chi connectivity index (χ1v) is 12.9. The van der Waals surface area contributed by atoms with Crippen LogP contribution in [0.1, 0.15) is 83.1 Å². The minimum Gasteiger partial charge on any atom is -0.460 e. The van der Waals surface area contributed by atoms with Gasteiger partial charge in [-0.25, -0.2) is 19.3 Å². The van der Waals surface area contributed by atoms with Crippen LogP contribution in [0.5, 0.6) is 0 Å². The van der Waals surface area contributed by atoms with Gasteiger partial charge in [0.25, 0.3) is 0 Å². The van der Waals surface area contributed by atoms with Crippen molar-refractivity contribution < 1.29 is 33.4 Å². The first kappa shape index (κ1) is 32.5. The summed E-state index contributed by atoms with van der Waals surface area (Å²) in [6, 6.07) is -2.52. The van der Waals surface area contributed by atoms with Gasteiger partial charge in [-0.1, -0.05) is 0 Å². The van der Waals surface area contributed by atoms with Crippen molar-refractivity contribution >= 4 is 24.2 Å². The third kappa shape index (κ3) is 9.05. The molecule has 3 atom stereocenters. The van der Waals surface area contributed by atoms with Crippen LogP contribution in [0.4, 0.5) is 14.4 Å². The Kier molecular flexibility index (Phi) is 10.4. The number of nitrogens with two attached hydrogens (primary N) is 1. The van der Waals surface area contributed by atoms with Gasteiger partial charge in [0.1, 0.15) is 16.8 Å². The fourth-order valence-electron chi connectivity index (χ4n) is 4.16. The van der Waals surface area contributed by atoms with Gasteiger partial charge in [-0.05, 0) is 83.1 Å². The van der Waals surface area contributed by atoms with Crippen LogP contribution in [0.25, 0.3) is 0 Å². The number of urea groups is 1. The van der Waals surface area contributed by atoms with Crippen molar-refractivity contribution in [2.24, 2.45) is 11.7 Å². The molecule has 1 aliphatic heterocycles. The standard InChI is InChI=1S/C26H48N4O7/c1-13-28(16(2)3)21(32)29-15-17(20(31)35-24(4,5)6)19(18(29)14-27)30(22(33)36-25(7,8)9)23(34)37-26(10,11)12/h16-19H,13-15,27H2,1-12H3/t17-,18+,19-/m1/s1.